The van der Waals surface area contributed by atoms with Gasteiger partial charge in [0.2, 0.25) is 0 Å². The number of ketones is 1. The van der Waals surface area contributed by atoms with Crippen LogP contribution in [-0.4, -0.2) is 30.3 Å². The molecule has 0 N–H and O–H groups in total. The Morgan fingerprint density at radius 2 is 1.91 bits per heavy atom. The molecule has 0 bridgehead atoms. The lowest BCUT2D eigenvalue weighted by atomic mass is 9.82. The number of Topliss-reactive ketones (excluding diaryl/α,β-unsaturated/α-hetero) is 1. The van der Waals surface area contributed by atoms with Crippen molar-refractivity contribution in [3.8, 4) is 0 Å². The molecule has 0 spiro atoms. The molecule has 0 rings (SSSR count). The van der Waals surface area contributed by atoms with Crippen LogP contribution in [0.5, 0.6) is 0 Å². The van der Waals surface area contributed by atoms with Crippen LogP contribution in [0.15, 0.2) is 36.5 Å². The fourth-order valence-electron chi connectivity index (χ4n) is 2.45. The molecule has 0 saturated carbocycles. The Kier molecular flexibility index (Phi) is 9.27. The van der Waals surface area contributed by atoms with E-state index in [2.05, 4.69) is 38.8 Å². The number of likely N-dealkylation sites (N-methyl/N-ethyl adjacent to an activating group) is 1. The van der Waals surface area contributed by atoms with Crippen molar-refractivity contribution in [1.29, 1.82) is 0 Å². The maximum absolute atomic E-state index is 12.7. The number of allylic oxidation sites excluding steroid dienone is 3. The highest BCUT2D eigenvalue weighted by atomic mass is 16.1. The molecule has 1 unspecified atom stereocenters. The molecule has 0 aromatic heterocycles. The van der Waals surface area contributed by atoms with E-state index in [-0.39, 0.29) is 5.78 Å². The Hall–Kier alpha value is -1.15. The first-order chi connectivity index (χ1) is 10.2. The molecule has 22 heavy (non-hydrogen) atoms. The molecule has 126 valence electrons. The van der Waals surface area contributed by atoms with Gasteiger partial charge in [-0.25, -0.2) is 0 Å². The third kappa shape index (κ3) is 7.22. The molecule has 0 aliphatic rings. The minimum Gasteiger partial charge on any atom is -0.299 e. The van der Waals surface area contributed by atoms with Crippen LogP contribution in [0.25, 0.3) is 0 Å². The van der Waals surface area contributed by atoms with Crippen LogP contribution >= 0.6 is 0 Å². The quantitative estimate of drug-likeness (QED) is 0.394. The first-order valence-electron chi connectivity index (χ1n) is 8.44. The molecule has 2 heteroatoms. The molecule has 0 radical (unpaired) electrons. The van der Waals surface area contributed by atoms with Crippen molar-refractivity contribution in [2.45, 2.75) is 54.4 Å². The lowest BCUT2D eigenvalue weighted by molar-refractivity contribution is -0.121. The summed E-state index contributed by atoms with van der Waals surface area (Å²) in [6.45, 7) is 22.9. The average Bonchev–Trinajstić information content (AvgIpc) is 2.49. The van der Waals surface area contributed by atoms with E-state index in [9.17, 15) is 4.79 Å². The molecular formula is C20H35NO. The predicted octanol–water partition coefficient (Wildman–Crippen LogP) is 5.03. The second-order valence-corrected chi connectivity index (χ2v) is 6.92. The van der Waals surface area contributed by atoms with E-state index in [1.807, 2.05) is 26.8 Å². The Bertz CT molecular complexity index is 417. The van der Waals surface area contributed by atoms with Gasteiger partial charge >= 0.3 is 0 Å². The summed E-state index contributed by atoms with van der Waals surface area (Å²) in [4.78, 5) is 15.0. The molecule has 1 atom stereocenters. The van der Waals surface area contributed by atoms with Crippen molar-refractivity contribution in [3.63, 3.8) is 0 Å². The molecule has 0 heterocycles. The van der Waals surface area contributed by atoms with E-state index in [1.54, 1.807) is 6.08 Å². The average molecular weight is 306 g/mol. The number of nitrogens with zero attached hydrogens (tertiary/aromatic N) is 1. The third-order valence-corrected chi connectivity index (χ3v) is 4.31. The van der Waals surface area contributed by atoms with Gasteiger partial charge in [0.05, 0.1) is 0 Å². The molecule has 2 nitrogen and oxygen atoms in total. The zero-order valence-corrected chi connectivity index (χ0v) is 15.5. The third-order valence-electron chi connectivity index (χ3n) is 4.31. The van der Waals surface area contributed by atoms with Gasteiger partial charge in [-0.15, -0.1) is 0 Å². The zero-order valence-electron chi connectivity index (χ0n) is 15.5. The van der Waals surface area contributed by atoms with Gasteiger partial charge in [0.15, 0.2) is 5.78 Å². The monoisotopic (exact) mass is 305 g/mol. The van der Waals surface area contributed by atoms with Crippen LogP contribution < -0.4 is 0 Å². The highest BCUT2D eigenvalue weighted by Gasteiger charge is 2.27. The van der Waals surface area contributed by atoms with E-state index < -0.39 is 5.41 Å². The van der Waals surface area contributed by atoms with Gasteiger partial charge in [0.1, 0.15) is 0 Å². The minimum atomic E-state index is -0.522. The molecule has 0 aromatic carbocycles. The normalized spacial score (nSPS) is 14.0. The molecular weight excluding hydrogens is 270 g/mol. The second kappa shape index (κ2) is 9.78. The standard InChI is InChI=1S/C20H35NO/c1-9-16(4)12-13-21(11-3)15-18(6)19(22)20(7,8)14-17(5)10-2/h10,14,16H,2,6,9,11-13,15H2,1,3-5,7-8H3/b17-14-. The predicted molar refractivity (Wildman–Crippen MR) is 98.1 cm³/mol. The van der Waals surface area contributed by atoms with Gasteiger partial charge in [-0.2, -0.15) is 0 Å². The summed E-state index contributed by atoms with van der Waals surface area (Å²) in [5, 5.41) is 0. The van der Waals surface area contributed by atoms with Crippen molar-refractivity contribution in [1.82, 2.24) is 4.90 Å². The summed E-state index contributed by atoms with van der Waals surface area (Å²) < 4.78 is 0. The van der Waals surface area contributed by atoms with Gasteiger partial charge in [-0.05, 0) is 46.2 Å². The summed E-state index contributed by atoms with van der Waals surface area (Å²) in [5.74, 6) is 0.850. The second-order valence-electron chi connectivity index (χ2n) is 6.92. The molecule has 0 aliphatic heterocycles. The lowest BCUT2D eigenvalue weighted by Crippen LogP contribution is -2.33. The Balaban J connectivity index is 4.74. The van der Waals surface area contributed by atoms with Gasteiger partial charge in [0, 0.05) is 17.5 Å². The van der Waals surface area contributed by atoms with Crippen molar-refractivity contribution < 1.29 is 4.79 Å². The van der Waals surface area contributed by atoms with Crippen LogP contribution in [0, 0.1) is 11.3 Å². The summed E-state index contributed by atoms with van der Waals surface area (Å²) in [7, 11) is 0. The van der Waals surface area contributed by atoms with Gasteiger partial charge in [-0.1, -0.05) is 58.1 Å². The van der Waals surface area contributed by atoms with Crippen LogP contribution in [-0.2, 0) is 4.79 Å². The van der Waals surface area contributed by atoms with Crippen LogP contribution in [0.3, 0.4) is 0 Å². The molecule has 0 amide bonds. The van der Waals surface area contributed by atoms with Crippen molar-refractivity contribution >= 4 is 5.78 Å². The Morgan fingerprint density at radius 1 is 1.32 bits per heavy atom. The highest BCUT2D eigenvalue weighted by Crippen LogP contribution is 2.25. The highest BCUT2D eigenvalue weighted by molar-refractivity contribution is 6.00. The van der Waals surface area contributed by atoms with E-state index in [1.165, 1.54) is 12.8 Å². The first-order valence-corrected chi connectivity index (χ1v) is 8.44. The molecule has 0 saturated heterocycles. The van der Waals surface area contributed by atoms with E-state index >= 15 is 0 Å². The number of rotatable bonds is 11. The van der Waals surface area contributed by atoms with Crippen LogP contribution in [0.4, 0.5) is 0 Å². The maximum Gasteiger partial charge on any atom is 0.168 e. The smallest absolute Gasteiger partial charge is 0.168 e. The van der Waals surface area contributed by atoms with Crippen LogP contribution in [0.1, 0.15) is 54.4 Å². The number of hydrogen-bond acceptors (Lipinski definition) is 2. The van der Waals surface area contributed by atoms with E-state index in [0.717, 1.165) is 24.6 Å². The van der Waals surface area contributed by atoms with Crippen molar-refractivity contribution in [2.75, 3.05) is 19.6 Å². The summed E-state index contributed by atoms with van der Waals surface area (Å²) in [6, 6.07) is 0. The summed E-state index contributed by atoms with van der Waals surface area (Å²) >= 11 is 0. The number of carbonyl (C=O) groups is 1. The Labute approximate surface area is 138 Å². The molecule has 0 fully saturated rings. The Morgan fingerprint density at radius 3 is 2.36 bits per heavy atom. The zero-order chi connectivity index (χ0) is 17.3. The van der Waals surface area contributed by atoms with Crippen molar-refractivity contribution in [3.05, 3.63) is 36.5 Å². The number of carbonyl (C=O) groups excluding carboxylic acids is 1. The fourth-order valence-corrected chi connectivity index (χ4v) is 2.45. The number of hydrogen-bond donors (Lipinski definition) is 0. The van der Waals surface area contributed by atoms with Crippen molar-refractivity contribution in [2.24, 2.45) is 11.3 Å². The van der Waals surface area contributed by atoms with Gasteiger partial charge in [0.25, 0.3) is 0 Å². The van der Waals surface area contributed by atoms with E-state index in [0.29, 0.717) is 12.1 Å². The fraction of sp³-hybridized carbons (Fsp3) is 0.650. The van der Waals surface area contributed by atoms with Crippen LogP contribution in [0.2, 0.25) is 0 Å². The molecule has 0 aromatic rings. The SMILES string of the molecule is C=C/C(C)=C\C(C)(C)C(=O)C(=C)CN(CC)CCC(C)CC. The summed E-state index contributed by atoms with van der Waals surface area (Å²) in [5.41, 5.74) is 1.20. The summed E-state index contributed by atoms with van der Waals surface area (Å²) in [6.07, 6.45) is 6.13. The minimum absolute atomic E-state index is 0.121. The maximum atomic E-state index is 12.7. The lowest BCUT2D eigenvalue weighted by Gasteiger charge is -2.26. The first kappa shape index (κ1) is 20.9. The van der Waals surface area contributed by atoms with Gasteiger partial charge < -0.3 is 0 Å². The topological polar surface area (TPSA) is 20.3 Å². The largest absolute Gasteiger partial charge is 0.299 e. The van der Waals surface area contributed by atoms with E-state index in [4.69, 9.17) is 0 Å². The van der Waals surface area contributed by atoms with Gasteiger partial charge in [-0.3, -0.25) is 9.69 Å². The molecule has 0 aliphatic carbocycles.